The molecule has 0 bridgehead atoms. The van der Waals surface area contributed by atoms with Gasteiger partial charge in [0.1, 0.15) is 17.5 Å². The number of halogens is 1. The van der Waals surface area contributed by atoms with Crippen LogP contribution < -0.4 is 24.4 Å². The van der Waals surface area contributed by atoms with Crippen molar-refractivity contribution in [2.75, 3.05) is 27.3 Å². The summed E-state index contributed by atoms with van der Waals surface area (Å²) < 4.78 is 13.4. The number of benzene rings is 3. The van der Waals surface area contributed by atoms with Gasteiger partial charge in [0.05, 0.1) is 30.0 Å². The summed E-state index contributed by atoms with van der Waals surface area (Å²) in [6.45, 7) is 6.78. The Kier molecular flexibility index (Phi) is 7.83. The summed E-state index contributed by atoms with van der Waals surface area (Å²) in [7, 11) is 3.18. The number of amides is 1. The molecule has 1 aliphatic heterocycles. The van der Waals surface area contributed by atoms with Crippen LogP contribution in [0.25, 0.3) is 16.8 Å². The van der Waals surface area contributed by atoms with E-state index >= 15 is 0 Å². The standard InChI is InChI=1S/C31H30ClN3O4S/c1-6-34(7-2)30(37)26-18(3)33-31-35(28(26)27-22-11-9-8-10-19(22)12-14-24(27)39-5)29(36)25(40-31)17-20-16-21(32)13-15-23(20)38-4/h8-17,28H,6-7H2,1-5H3/b25-17+/t28-/m0/s1. The molecule has 40 heavy (non-hydrogen) atoms. The normalized spacial score (nSPS) is 15.2. The molecule has 9 heteroatoms. The van der Waals surface area contributed by atoms with Gasteiger partial charge in [-0.3, -0.25) is 14.2 Å². The van der Waals surface area contributed by atoms with E-state index < -0.39 is 6.04 Å². The summed E-state index contributed by atoms with van der Waals surface area (Å²) in [6, 6.07) is 16.3. The van der Waals surface area contributed by atoms with Crippen LogP contribution in [0.4, 0.5) is 0 Å². The van der Waals surface area contributed by atoms with Crippen LogP contribution in [0, 0.1) is 0 Å². The summed E-state index contributed by atoms with van der Waals surface area (Å²) in [4.78, 5) is 35.3. The van der Waals surface area contributed by atoms with E-state index in [1.165, 1.54) is 11.3 Å². The molecule has 0 aliphatic carbocycles. The van der Waals surface area contributed by atoms with Crippen LogP contribution in [0.1, 0.15) is 37.9 Å². The van der Waals surface area contributed by atoms with Gasteiger partial charge in [0.2, 0.25) is 0 Å². The largest absolute Gasteiger partial charge is 0.496 e. The highest BCUT2D eigenvalue weighted by Gasteiger charge is 2.36. The molecule has 2 heterocycles. The average molecular weight is 576 g/mol. The first-order chi connectivity index (χ1) is 19.3. The van der Waals surface area contributed by atoms with Gasteiger partial charge in [-0.15, -0.1) is 0 Å². The fourth-order valence-corrected chi connectivity index (χ4v) is 6.46. The number of allylic oxidation sites excluding steroid dienone is 1. The number of carbonyl (C=O) groups is 1. The van der Waals surface area contributed by atoms with Gasteiger partial charge in [-0.2, -0.15) is 0 Å². The third-order valence-electron chi connectivity index (χ3n) is 7.21. The van der Waals surface area contributed by atoms with Gasteiger partial charge in [0.15, 0.2) is 4.80 Å². The minimum Gasteiger partial charge on any atom is -0.496 e. The van der Waals surface area contributed by atoms with E-state index in [0.29, 0.717) is 55.8 Å². The van der Waals surface area contributed by atoms with Gasteiger partial charge in [0.25, 0.3) is 11.5 Å². The molecule has 0 unspecified atom stereocenters. The van der Waals surface area contributed by atoms with Gasteiger partial charge < -0.3 is 14.4 Å². The minimum atomic E-state index is -0.742. The number of likely N-dealkylation sites (N-methyl/N-ethyl adjacent to an activating group) is 1. The Balaban J connectivity index is 1.86. The zero-order chi connectivity index (χ0) is 28.6. The molecule has 0 saturated heterocycles. The van der Waals surface area contributed by atoms with Crippen molar-refractivity contribution in [2.24, 2.45) is 4.99 Å². The topological polar surface area (TPSA) is 73.1 Å². The molecule has 0 fully saturated rings. The molecule has 4 aromatic rings. The van der Waals surface area contributed by atoms with Crippen molar-refractivity contribution in [3.05, 3.63) is 102 Å². The average Bonchev–Trinajstić information content (AvgIpc) is 3.26. The maximum Gasteiger partial charge on any atom is 0.271 e. The molecule has 206 valence electrons. The zero-order valence-corrected chi connectivity index (χ0v) is 24.6. The molecule has 0 radical (unpaired) electrons. The van der Waals surface area contributed by atoms with Crippen LogP contribution in [0.3, 0.4) is 0 Å². The van der Waals surface area contributed by atoms with Crippen LogP contribution in [-0.4, -0.2) is 42.7 Å². The SMILES string of the molecule is CCN(CC)C(=O)C1=C(C)N=c2s/c(=C/c3cc(Cl)ccc3OC)c(=O)n2[C@@H]1c1c(OC)ccc2ccccc12. The zero-order valence-electron chi connectivity index (χ0n) is 23.0. The van der Waals surface area contributed by atoms with Gasteiger partial charge in [-0.25, -0.2) is 4.99 Å². The first kappa shape index (κ1) is 27.7. The molecular weight excluding hydrogens is 546 g/mol. The van der Waals surface area contributed by atoms with Crippen molar-refractivity contribution in [3.8, 4) is 11.5 Å². The van der Waals surface area contributed by atoms with Gasteiger partial charge >= 0.3 is 0 Å². The maximum atomic E-state index is 14.2. The van der Waals surface area contributed by atoms with Crippen LogP contribution >= 0.6 is 22.9 Å². The number of carbonyl (C=O) groups excluding carboxylic acids is 1. The first-order valence-corrected chi connectivity index (χ1v) is 14.2. The van der Waals surface area contributed by atoms with Crippen molar-refractivity contribution in [3.63, 3.8) is 0 Å². The second kappa shape index (κ2) is 11.3. The Labute approximate surface area is 241 Å². The van der Waals surface area contributed by atoms with Crippen molar-refractivity contribution in [1.82, 2.24) is 9.47 Å². The van der Waals surface area contributed by atoms with Gasteiger partial charge in [-0.1, -0.05) is 53.3 Å². The fourth-order valence-electron chi connectivity index (χ4n) is 5.24. The molecule has 1 aromatic heterocycles. The molecule has 0 spiro atoms. The smallest absolute Gasteiger partial charge is 0.271 e. The number of hydrogen-bond donors (Lipinski definition) is 0. The van der Waals surface area contributed by atoms with Crippen LogP contribution in [-0.2, 0) is 4.79 Å². The van der Waals surface area contributed by atoms with Crippen molar-refractivity contribution in [1.29, 1.82) is 0 Å². The molecular formula is C31H30ClN3O4S. The monoisotopic (exact) mass is 575 g/mol. The number of ether oxygens (including phenoxy) is 2. The van der Waals surface area contributed by atoms with Crippen LogP contribution in [0.2, 0.25) is 5.02 Å². The Hall–Kier alpha value is -3.88. The minimum absolute atomic E-state index is 0.156. The van der Waals surface area contributed by atoms with E-state index in [9.17, 15) is 9.59 Å². The molecule has 5 rings (SSSR count). The molecule has 1 atom stereocenters. The molecule has 7 nitrogen and oxygen atoms in total. The quantitative estimate of drug-likeness (QED) is 0.313. The maximum absolute atomic E-state index is 14.2. The Morgan fingerprint density at radius 1 is 1.07 bits per heavy atom. The van der Waals surface area contributed by atoms with E-state index in [0.717, 1.165) is 16.3 Å². The predicted molar refractivity (Wildman–Crippen MR) is 160 cm³/mol. The van der Waals surface area contributed by atoms with Crippen molar-refractivity contribution >= 4 is 45.7 Å². The summed E-state index contributed by atoms with van der Waals surface area (Å²) in [5, 5.41) is 2.41. The molecule has 0 N–H and O–H groups in total. The summed E-state index contributed by atoms with van der Waals surface area (Å²) in [5.74, 6) is 1.03. The third kappa shape index (κ3) is 4.71. The lowest BCUT2D eigenvalue weighted by Gasteiger charge is -2.30. The predicted octanol–water partition coefficient (Wildman–Crippen LogP) is 4.93. The molecule has 0 saturated carbocycles. The Morgan fingerprint density at radius 2 is 1.77 bits per heavy atom. The number of hydrogen-bond acceptors (Lipinski definition) is 6. The Morgan fingerprint density at radius 3 is 2.48 bits per heavy atom. The number of methoxy groups -OCH3 is 2. The van der Waals surface area contributed by atoms with E-state index in [2.05, 4.69) is 0 Å². The second-order valence-corrected chi connectivity index (χ2v) is 10.8. The molecule has 3 aromatic carbocycles. The lowest BCUT2D eigenvalue weighted by atomic mass is 9.90. The van der Waals surface area contributed by atoms with Gasteiger partial charge in [0, 0.05) is 29.2 Å². The Bertz CT molecular complexity index is 1840. The van der Waals surface area contributed by atoms with E-state index in [-0.39, 0.29) is 11.5 Å². The van der Waals surface area contributed by atoms with Gasteiger partial charge in [-0.05, 0) is 61.9 Å². The van der Waals surface area contributed by atoms with E-state index in [1.807, 2.05) is 57.2 Å². The third-order valence-corrected chi connectivity index (χ3v) is 8.42. The first-order valence-electron chi connectivity index (χ1n) is 13.0. The van der Waals surface area contributed by atoms with E-state index in [4.69, 9.17) is 26.1 Å². The number of fused-ring (bicyclic) bond motifs is 2. The fraction of sp³-hybridized carbons (Fsp3) is 0.258. The lowest BCUT2D eigenvalue weighted by molar-refractivity contribution is -0.127. The highest BCUT2D eigenvalue weighted by molar-refractivity contribution is 7.07. The number of nitrogens with zero attached hydrogens (tertiary/aromatic N) is 3. The van der Waals surface area contributed by atoms with Crippen LogP contribution in [0.15, 0.2) is 75.7 Å². The lowest BCUT2D eigenvalue weighted by Crippen LogP contribution is -2.43. The molecule has 1 amide bonds. The summed E-state index contributed by atoms with van der Waals surface area (Å²) in [6.07, 6.45) is 1.76. The van der Waals surface area contributed by atoms with Crippen LogP contribution in [0.5, 0.6) is 11.5 Å². The second-order valence-electron chi connectivity index (χ2n) is 9.35. The number of aromatic nitrogens is 1. The summed E-state index contributed by atoms with van der Waals surface area (Å²) in [5.41, 5.74) is 2.19. The molecule has 1 aliphatic rings. The number of rotatable bonds is 7. The van der Waals surface area contributed by atoms with E-state index in [1.54, 1.807) is 48.0 Å². The highest BCUT2D eigenvalue weighted by Crippen LogP contribution is 2.40. The summed E-state index contributed by atoms with van der Waals surface area (Å²) >= 11 is 7.53. The number of thiazole rings is 1. The van der Waals surface area contributed by atoms with Crippen molar-refractivity contribution in [2.45, 2.75) is 26.8 Å². The highest BCUT2D eigenvalue weighted by atomic mass is 35.5. The van der Waals surface area contributed by atoms with Crippen molar-refractivity contribution < 1.29 is 14.3 Å².